The Labute approximate surface area is 171 Å². The number of rotatable bonds is 8. The number of nitro groups is 1. The minimum atomic E-state index is -4.00. The number of benzene rings is 2. The second kappa shape index (κ2) is 8.95. The smallest absolute Gasteiger partial charge is 0.271 e. The van der Waals surface area contributed by atoms with Crippen LogP contribution >= 0.6 is 22.6 Å². The molecule has 0 spiro atoms. The van der Waals surface area contributed by atoms with Gasteiger partial charge in [-0.05, 0) is 65.8 Å². The molecule has 0 aliphatic heterocycles. The molecule has 0 aliphatic rings. The Bertz CT molecular complexity index is 950. The Balaban J connectivity index is 2.59. The van der Waals surface area contributed by atoms with Crippen molar-refractivity contribution in [3.63, 3.8) is 0 Å². The van der Waals surface area contributed by atoms with E-state index in [-0.39, 0.29) is 22.8 Å². The van der Waals surface area contributed by atoms with Gasteiger partial charge in [0, 0.05) is 27.9 Å². The molecule has 27 heavy (non-hydrogen) atoms. The topological polar surface area (TPSA) is 102 Å². The van der Waals surface area contributed by atoms with Crippen LogP contribution in [0.1, 0.15) is 18.9 Å². The summed E-state index contributed by atoms with van der Waals surface area (Å²) in [5.74, 6) is 0. The van der Waals surface area contributed by atoms with Gasteiger partial charge in [-0.25, -0.2) is 8.42 Å². The van der Waals surface area contributed by atoms with Crippen LogP contribution in [0.2, 0.25) is 0 Å². The Morgan fingerprint density at radius 2 is 1.93 bits per heavy atom. The van der Waals surface area contributed by atoms with Gasteiger partial charge >= 0.3 is 0 Å². The Kier molecular flexibility index (Phi) is 7.14. The van der Waals surface area contributed by atoms with Gasteiger partial charge < -0.3 is 5.32 Å². The summed E-state index contributed by atoms with van der Waals surface area (Å²) in [6.07, 6.45) is 0.555. The number of halogens is 1. The molecule has 2 rings (SSSR count). The van der Waals surface area contributed by atoms with E-state index in [4.69, 9.17) is 4.84 Å². The van der Waals surface area contributed by atoms with Crippen molar-refractivity contribution < 1.29 is 18.2 Å². The SMILES string of the molecule is CCCN(OC)S(=O)(=O)c1ccc([N+](=O)[O-])cc1Nc1ccc(I)cc1C. The van der Waals surface area contributed by atoms with Gasteiger partial charge in [0.05, 0.1) is 17.7 Å². The molecule has 0 aliphatic carbocycles. The number of hydrogen-bond donors (Lipinski definition) is 1. The highest BCUT2D eigenvalue weighted by atomic mass is 127. The maximum absolute atomic E-state index is 13.0. The van der Waals surface area contributed by atoms with Crippen molar-refractivity contribution in [2.24, 2.45) is 0 Å². The molecule has 0 atom stereocenters. The normalized spacial score (nSPS) is 11.6. The van der Waals surface area contributed by atoms with Gasteiger partial charge in [-0.1, -0.05) is 11.4 Å². The summed E-state index contributed by atoms with van der Waals surface area (Å²) in [6, 6.07) is 9.18. The van der Waals surface area contributed by atoms with Gasteiger partial charge in [0.15, 0.2) is 0 Å². The molecular weight excluding hydrogens is 485 g/mol. The predicted molar refractivity (Wildman–Crippen MR) is 111 cm³/mol. The Morgan fingerprint density at radius 1 is 1.22 bits per heavy atom. The summed E-state index contributed by atoms with van der Waals surface area (Å²) in [4.78, 5) is 15.5. The number of nitrogens with zero attached hydrogens (tertiary/aromatic N) is 2. The molecule has 2 aromatic carbocycles. The molecule has 10 heteroatoms. The van der Waals surface area contributed by atoms with Gasteiger partial charge in [0.1, 0.15) is 4.90 Å². The fourth-order valence-corrected chi connectivity index (χ4v) is 4.58. The number of hydrogen-bond acceptors (Lipinski definition) is 6. The number of hydroxylamine groups is 1. The van der Waals surface area contributed by atoms with Crippen molar-refractivity contribution in [2.45, 2.75) is 25.2 Å². The average Bonchev–Trinajstić information content (AvgIpc) is 2.61. The van der Waals surface area contributed by atoms with Crippen molar-refractivity contribution in [3.05, 3.63) is 55.6 Å². The number of anilines is 2. The van der Waals surface area contributed by atoms with E-state index in [1.807, 2.05) is 26.0 Å². The van der Waals surface area contributed by atoms with Crippen LogP contribution in [-0.2, 0) is 14.9 Å². The monoisotopic (exact) mass is 505 g/mol. The number of non-ortho nitro benzene ring substituents is 1. The molecule has 0 fully saturated rings. The third-order valence-corrected chi connectivity index (χ3v) is 6.24. The first kappa shape index (κ1) is 21.5. The van der Waals surface area contributed by atoms with Crippen molar-refractivity contribution in [3.8, 4) is 0 Å². The minimum Gasteiger partial charge on any atom is -0.354 e. The number of nitro benzene ring substituents is 1. The zero-order valence-corrected chi connectivity index (χ0v) is 18.1. The van der Waals surface area contributed by atoms with Crippen LogP contribution < -0.4 is 5.32 Å². The van der Waals surface area contributed by atoms with Crippen LogP contribution in [0.3, 0.4) is 0 Å². The first-order chi connectivity index (χ1) is 12.7. The molecule has 0 heterocycles. The second-order valence-electron chi connectivity index (χ2n) is 5.74. The summed E-state index contributed by atoms with van der Waals surface area (Å²) in [7, 11) is -2.73. The summed E-state index contributed by atoms with van der Waals surface area (Å²) >= 11 is 2.17. The van der Waals surface area contributed by atoms with Crippen molar-refractivity contribution in [2.75, 3.05) is 19.0 Å². The van der Waals surface area contributed by atoms with E-state index in [1.165, 1.54) is 25.3 Å². The van der Waals surface area contributed by atoms with Crippen molar-refractivity contribution >= 4 is 49.7 Å². The molecule has 0 amide bonds. The minimum absolute atomic E-state index is 0.0960. The largest absolute Gasteiger partial charge is 0.354 e. The van der Waals surface area contributed by atoms with E-state index in [2.05, 4.69) is 27.9 Å². The first-order valence-electron chi connectivity index (χ1n) is 8.09. The average molecular weight is 505 g/mol. The fourth-order valence-electron chi connectivity index (χ4n) is 2.47. The van der Waals surface area contributed by atoms with Gasteiger partial charge in [0.2, 0.25) is 0 Å². The maximum Gasteiger partial charge on any atom is 0.271 e. The highest BCUT2D eigenvalue weighted by Crippen LogP contribution is 2.32. The van der Waals surface area contributed by atoms with Crippen LogP contribution in [0.15, 0.2) is 41.3 Å². The lowest BCUT2D eigenvalue weighted by molar-refractivity contribution is -0.384. The van der Waals surface area contributed by atoms with E-state index in [9.17, 15) is 18.5 Å². The fraction of sp³-hybridized carbons (Fsp3) is 0.294. The number of aryl methyl sites for hydroxylation is 1. The Morgan fingerprint density at radius 3 is 2.48 bits per heavy atom. The summed E-state index contributed by atoms with van der Waals surface area (Å²) < 4.78 is 27.8. The quantitative estimate of drug-likeness (QED) is 0.328. The van der Waals surface area contributed by atoms with Gasteiger partial charge in [-0.15, -0.1) is 0 Å². The van der Waals surface area contributed by atoms with Crippen LogP contribution in [0.5, 0.6) is 0 Å². The zero-order chi connectivity index (χ0) is 20.2. The summed E-state index contributed by atoms with van der Waals surface area (Å²) in [6.45, 7) is 3.86. The summed E-state index contributed by atoms with van der Waals surface area (Å²) in [5.41, 5.74) is 1.45. The van der Waals surface area contributed by atoms with E-state index >= 15 is 0 Å². The molecule has 2 aromatic rings. The molecule has 0 unspecified atom stereocenters. The Hall–Kier alpha value is -1.76. The molecule has 1 N–H and O–H groups in total. The van der Waals surface area contributed by atoms with Crippen LogP contribution in [0, 0.1) is 20.6 Å². The highest BCUT2D eigenvalue weighted by Gasteiger charge is 2.28. The summed E-state index contributed by atoms with van der Waals surface area (Å²) in [5, 5.41) is 14.2. The third-order valence-electron chi connectivity index (χ3n) is 3.79. The third kappa shape index (κ3) is 4.94. The first-order valence-corrected chi connectivity index (χ1v) is 10.6. The van der Waals surface area contributed by atoms with Gasteiger partial charge in [0.25, 0.3) is 15.7 Å². The van der Waals surface area contributed by atoms with E-state index in [1.54, 1.807) is 6.07 Å². The lowest BCUT2D eigenvalue weighted by Crippen LogP contribution is -2.31. The van der Waals surface area contributed by atoms with Crippen LogP contribution in [-0.4, -0.2) is 31.5 Å². The molecule has 8 nitrogen and oxygen atoms in total. The molecule has 146 valence electrons. The molecule has 0 saturated heterocycles. The molecule has 0 saturated carbocycles. The lowest BCUT2D eigenvalue weighted by Gasteiger charge is -2.21. The van der Waals surface area contributed by atoms with E-state index in [0.29, 0.717) is 12.1 Å². The lowest BCUT2D eigenvalue weighted by atomic mass is 10.2. The molecule has 0 radical (unpaired) electrons. The second-order valence-corrected chi connectivity index (χ2v) is 8.78. The number of nitrogens with one attached hydrogen (secondary N) is 1. The predicted octanol–water partition coefficient (Wildman–Crippen LogP) is 4.21. The van der Waals surface area contributed by atoms with Gasteiger partial charge in [-0.3, -0.25) is 15.0 Å². The zero-order valence-electron chi connectivity index (χ0n) is 15.1. The van der Waals surface area contributed by atoms with E-state index in [0.717, 1.165) is 13.6 Å². The highest BCUT2D eigenvalue weighted by molar-refractivity contribution is 14.1. The van der Waals surface area contributed by atoms with E-state index < -0.39 is 14.9 Å². The molecular formula is C17H20IN3O5S. The molecule has 0 aromatic heterocycles. The number of sulfonamides is 1. The van der Waals surface area contributed by atoms with Crippen LogP contribution in [0.25, 0.3) is 0 Å². The van der Waals surface area contributed by atoms with Crippen molar-refractivity contribution in [1.82, 2.24) is 4.47 Å². The van der Waals surface area contributed by atoms with Crippen LogP contribution in [0.4, 0.5) is 17.1 Å². The van der Waals surface area contributed by atoms with Crippen molar-refractivity contribution in [1.29, 1.82) is 0 Å². The maximum atomic E-state index is 13.0. The molecule has 0 bridgehead atoms. The van der Waals surface area contributed by atoms with Gasteiger partial charge in [-0.2, -0.15) is 0 Å². The standard InChI is InChI=1S/C17H20IN3O5S/c1-4-9-20(26-3)27(24,25)17-8-6-14(21(22)23)11-16(17)19-15-7-5-13(18)10-12(15)2/h5-8,10-11,19H,4,9H2,1-3H3.